The summed E-state index contributed by atoms with van der Waals surface area (Å²) in [6.45, 7) is 8.08. The van der Waals surface area contributed by atoms with Gasteiger partial charge in [0, 0.05) is 50.0 Å². The van der Waals surface area contributed by atoms with Crippen molar-refractivity contribution >= 4 is 29.1 Å². The van der Waals surface area contributed by atoms with Gasteiger partial charge in [-0.05, 0) is 31.2 Å². The van der Waals surface area contributed by atoms with Crippen LogP contribution in [0.15, 0.2) is 24.3 Å². The van der Waals surface area contributed by atoms with Gasteiger partial charge >= 0.3 is 0 Å². The Labute approximate surface area is 165 Å². The van der Waals surface area contributed by atoms with Crippen molar-refractivity contribution in [3.05, 3.63) is 29.3 Å². The molecule has 1 aromatic rings. The molecule has 8 heteroatoms. The topological polar surface area (TPSA) is 65.1 Å². The van der Waals surface area contributed by atoms with E-state index in [1.807, 2.05) is 11.8 Å². The summed E-state index contributed by atoms with van der Waals surface area (Å²) >= 11 is 5.87. The molecular weight excluding hydrogens is 368 g/mol. The lowest BCUT2D eigenvalue weighted by molar-refractivity contribution is -0.135. The van der Waals surface area contributed by atoms with Crippen LogP contribution in [0.2, 0.25) is 5.02 Å². The van der Waals surface area contributed by atoms with Crippen LogP contribution in [-0.2, 0) is 14.3 Å². The maximum atomic E-state index is 12.5. The lowest BCUT2D eigenvalue weighted by Crippen LogP contribution is -2.55. The van der Waals surface area contributed by atoms with Crippen molar-refractivity contribution < 1.29 is 14.3 Å². The van der Waals surface area contributed by atoms with E-state index < -0.39 is 0 Å². The number of halogens is 1. The average molecular weight is 395 g/mol. The number of ether oxygens (including phenoxy) is 1. The molecule has 2 heterocycles. The Bertz CT molecular complexity index is 641. The summed E-state index contributed by atoms with van der Waals surface area (Å²) in [5.41, 5.74) is 0.732. The first kappa shape index (κ1) is 20.1. The van der Waals surface area contributed by atoms with Gasteiger partial charge < -0.3 is 15.0 Å². The zero-order valence-electron chi connectivity index (χ0n) is 15.7. The Morgan fingerprint density at radius 2 is 1.70 bits per heavy atom. The second-order valence-electron chi connectivity index (χ2n) is 6.98. The van der Waals surface area contributed by atoms with E-state index in [0.717, 1.165) is 18.8 Å². The van der Waals surface area contributed by atoms with E-state index in [2.05, 4.69) is 15.1 Å². The maximum Gasteiger partial charge on any atom is 0.241 e. The van der Waals surface area contributed by atoms with Crippen LogP contribution in [0.5, 0.6) is 0 Å². The minimum Gasteiger partial charge on any atom is -0.379 e. The van der Waals surface area contributed by atoms with Crippen LogP contribution in [-0.4, -0.2) is 91.6 Å². The molecule has 1 N–H and O–H groups in total. The van der Waals surface area contributed by atoms with Crippen LogP contribution < -0.4 is 5.32 Å². The Balaban J connectivity index is 1.44. The summed E-state index contributed by atoms with van der Waals surface area (Å²) in [7, 11) is 0. The van der Waals surface area contributed by atoms with Gasteiger partial charge in [0.25, 0.3) is 0 Å². The minimum absolute atomic E-state index is 0.0505. The van der Waals surface area contributed by atoms with Gasteiger partial charge in [0.15, 0.2) is 0 Å². The van der Waals surface area contributed by atoms with E-state index >= 15 is 0 Å². The predicted molar refractivity (Wildman–Crippen MR) is 105 cm³/mol. The monoisotopic (exact) mass is 394 g/mol. The summed E-state index contributed by atoms with van der Waals surface area (Å²) in [6.07, 6.45) is 0. The zero-order chi connectivity index (χ0) is 19.2. The zero-order valence-corrected chi connectivity index (χ0v) is 16.5. The van der Waals surface area contributed by atoms with E-state index in [0.29, 0.717) is 51.0 Å². The largest absolute Gasteiger partial charge is 0.379 e. The van der Waals surface area contributed by atoms with E-state index in [1.54, 1.807) is 24.3 Å². The highest BCUT2D eigenvalue weighted by Crippen LogP contribution is 2.15. The molecule has 0 aromatic heterocycles. The summed E-state index contributed by atoms with van der Waals surface area (Å²) < 4.78 is 5.32. The molecule has 0 saturated carbocycles. The first-order valence-corrected chi connectivity index (χ1v) is 9.79. The number of hydrogen-bond donors (Lipinski definition) is 1. The molecule has 2 aliphatic heterocycles. The number of nitrogens with one attached hydrogen (secondary N) is 1. The SMILES string of the molecule is CC(C(=O)Nc1ccc(Cl)cc1)N1CCN(C(=O)CN2CCOCC2)CC1. The number of rotatable bonds is 5. The van der Waals surface area contributed by atoms with Gasteiger partial charge in [0.2, 0.25) is 11.8 Å². The molecule has 2 fully saturated rings. The Kier molecular flexibility index (Phi) is 7.07. The molecule has 0 radical (unpaired) electrons. The first-order chi connectivity index (χ1) is 13.0. The fourth-order valence-electron chi connectivity index (χ4n) is 3.35. The lowest BCUT2D eigenvalue weighted by atomic mass is 10.2. The number of hydrogen-bond acceptors (Lipinski definition) is 5. The number of anilines is 1. The number of benzene rings is 1. The fraction of sp³-hybridized carbons (Fsp3) is 0.579. The molecule has 148 valence electrons. The molecular formula is C19H27ClN4O3. The van der Waals surface area contributed by atoms with E-state index in [4.69, 9.17) is 16.3 Å². The molecule has 1 atom stereocenters. The minimum atomic E-state index is -0.253. The molecule has 0 aliphatic carbocycles. The molecule has 1 aromatic carbocycles. The summed E-state index contributed by atoms with van der Waals surface area (Å²) in [5, 5.41) is 3.55. The summed E-state index contributed by atoms with van der Waals surface area (Å²) in [5.74, 6) is 0.111. The molecule has 27 heavy (non-hydrogen) atoms. The molecule has 2 amide bonds. The van der Waals surface area contributed by atoms with Crippen LogP contribution in [0.1, 0.15) is 6.92 Å². The Hall–Kier alpha value is -1.67. The Morgan fingerprint density at radius 1 is 1.07 bits per heavy atom. The number of piperazine rings is 1. The molecule has 2 saturated heterocycles. The van der Waals surface area contributed by atoms with Gasteiger partial charge in [-0.3, -0.25) is 19.4 Å². The highest BCUT2D eigenvalue weighted by Gasteiger charge is 2.28. The highest BCUT2D eigenvalue weighted by molar-refractivity contribution is 6.30. The molecule has 7 nitrogen and oxygen atoms in total. The quantitative estimate of drug-likeness (QED) is 0.811. The third-order valence-corrected chi connectivity index (χ3v) is 5.42. The summed E-state index contributed by atoms with van der Waals surface area (Å²) in [6, 6.07) is 6.82. The third-order valence-electron chi connectivity index (χ3n) is 5.17. The van der Waals surface area contributed by atoms with Crippen LogP contribution >= 0.6 is 11.6 Å². The van der Waals surface area contributed by atoms with Crippen molar-refractivity contribution in [1.29, 1.82) is 0 Å². The van der Waals surface area contributed by atoms with Crippen LogP contribution in [0.25, 0.3) is 0 Å². The van der Waals surface area contributed by atoms with Crippen LogP contribution in [0.3, 0.4) is 0 Å². The standard InChI is InChI=1S/C19H27ClN4O3/c1-15(19(26)21-17-4-2-16(20)3-5-17)23-6-8-24(9-7-23)18(25)14-22-10-12-27-13-11-22/h2-5,15H,6-14H2,1H3,(H,21,26). The van der Waals surface area contributed by atoms with Gasteiger partial charge in [-0.25, -0.2) is 0 Å². The number of carbonyl (C=O) groups is 2. The van der Waals surface area contributed by atoms with Crippen molar-refractivity contribution in [2.24, 2.45) is 0 Å². The normalized spacial score (nSPS) is 20.3. The van der Waals surface area contributed by atoms with E-state index in [9.17, 15) is 9.59 Å². The second kappa shape index (κ2) is 9.50. The number of amides is 2. The van der Waals surface area contributed by atoms with Crippen molar-refractivity contribution in [2.45, 2.75) is 13.0 Å². The van der Waals surface area contributed by atoms with Crippen molar-refractivity contribution in [1.82, 2.24) is 14.7 Å². The Morgan fingerprint density at radius 3 is 2.33 bits per heavy atom. The van der Waals surface area contributed by atoms with Gasteiger partial charge in [-0.2, -0.15) is 0 Å². The van der Waals surface area contributed by atoms with Gasteiger partial charge in [0.05, 0.1) is 25.8 Å². The van der Waals surface area contributed by atoms with Gasteiger partial charge in [-0.1, -0.05) is 11.6 Å². The molecule has 1 unspecified atom stereocenters. The first-order valence-electron chi connectivity index (χ1n) is 9.41. The lowest BCUT2D eigenvalue weighted by Gasteiger charge is -2.38. The van der Waals surface area contributed by atoms with Crippen molar-refractivity contribution in [3.63, 3.8) is 0 Å². The molecule has 3 rings (SSSR count). The number of nitrogens with zero attached hydrogens (tertiary/aromatic N) is 3. The van der Waals surface area contributed by atoms with Crippen molar-refractivity contribution in [3.8, 4) is 0 Å². The smallest absolute Gasteiger partial charge is 0.241 e. The number of morpholine rings is 1. The molecule has 0 bridgehead atoms. The average Bonchev–Trinajstić information content (AvgIpc) is 2.70. The third kappa shape index (κ3) is 5.65. The van der Waals surface area contributed by atoms with Gasteiger partial charge in [0.1, 0.15) is 0 Å². The van der Waals surface area contributed by atoms with Crippen LogP contribution in [0, 0.1) is 0 Å². The van der Waals surface area contributed by atoms with E-state index in [1.165, 1.54) is 0 Å². The number of carbonyl (C=O) groups excluding carboxylic acids is 2. The van der Waals surface area contributed by atoms with Crippen molar-refractivity contribution in [2.75, 3.05) is 64.3 Å². The summed E-state index contributed by atoms with van der Waals surface area (Å²) in [4.78, 5) is 31.1. The highest BCUT2D eigenvalue weighted by atomic mass is 35.5. The van der Waals surface area contributed by atoms with Gasteiger partial charge in [-0.15, -0.1) is 0 Å². The molecule has 0 spiro atoms. The van der Waals surface area contributed by atoms with E-state index in [-0.39, 0.29) is 17.9 Å². The second-order valence-corrected chi connectivity index (χ2v) is 7.41. The molecule has 2 aliphatic rings. The fourth-order valence-corrected chi connectivity index (χ4v) is 3.48. The predicted octanol–water partition coefficient (Wildman–Crippen LogP) is 1.14. The van der Waals surface area contributed by atoms with Crippen LogP contribution in [0.4, 0.5) is 5.69 Å². The maximum absolute atomic E-state index is 12.5.